The molecule has 5 aromatic rings. The van der Waals surface area contributed by atoms with E-state index in [0.717, 1.165) is 28.5 Å². The lowest BCUT2D eigenvalue weighted by Gasteiger charge is -2.29. The molecule has 3 heterocycles. The van der Waals surface area contributed by atoms with Gasteiger partial charge in [0.2, 0.25) is 0 Å². The highest BCUT2D eigenvalue weighted by Crippen LogP contribution is 2.43. The molecule has 0 spiro atoms. The lowest BCUT2D eigenvalue weighted by Crippen LogP contribution is -2.30. The Hall–Kier alpha value is -4.40. The SMILES string of the molecule is COc1ccc(Oc2ccc(N3C(=S)N[C@H](c4ccccn4)[C@@H]3c3cccn3-c3ccc(F)c(Cl)c3)cc2)cc1. The molecule has 0 aliphatic carbocycles. The summed E-state index contributed by atoms with van der Waals surface area (Å²) in [6.07, 6.45) is 3.70. The molecule has 0 unspecified atom stereocenters. The van der Waals surface area contributed by atoms with Crippen LogP contribution < -0.4 is 19.7 Å². The van der Waals surface area contributed by atoms with Crippen LogP contribution >= 0.6 is 23.8 Å². The minimum absolute atomic E-state index is 0.0581. The van der Waals surface area contributed by atoms with Gasteiger partial charge in [-0.2, -0.15) is 0 Å². The van der Waals surface area contributed by atoms with Crippen molar-refractivity contribution >= 4 is 34.6 Å². The van der Waals surface area contributed by atoms with Crippen LogP contribution in [0.15, 0.2) is 109 Å². The standard InChI is InChI=1S/C31H24ClFN4O2S/c1-38-22-12-14-24(15-13-22)39-23-10-7-20(8-11-23)37-30(29(35-31(37)40)27-5-2-3-17-34-27)28-6-4-18-36(28)21-9-16-26(33)25(32)19-21/h2-19,29-30H,1H3,(H,35,40)/t29-,30+/m1/s1. The number of halogens is 2. The normalized spacial score (nSPS) is 16.6. The van der Waals surface area contributed by atoms with Crippen LogP contribution in [0.3, 0.4) is 0 Å². The Balaban J connectivity index is 1.37. The third-order valence-electron chi connectivity index (χ3n) is 6.77. The molecule has 9 heteroatoms. The second-order valence-corrected chi connectivity index (χ2v) is 9.96. The van der Waals surface area contributed by atoms with Gasteiger partial charge in [0.1, 0.15) is 29.1 Å². The van der Waals surface area contributed by atoms with E-state index in [1.165, 1.54) is 6.07 Å². The van der Waals surface area contributed by atoms with Crippen molar-refractivity contribution in [3.63, 3.8) is 0 Å². The Morgan fingerprint density at radius 3 is 2.25 bits per heavy atom. The van der Waals surface area contributed by atoms with Gasteiger partial charge in [0, 0.05) is 29.5 Å². The predicted molar refractivity (Wildman–Crippen MR) is 158 cm³/mol. The first-order valence-electron chi connectivity index (χ1n) is 12.6. The lowest BCUT2D eigenvalue weighted by atomic mass is 10.0. The van der Waals surface area contributed by atoms with Gasteiger partial charge in [0.25, 0.3) is 0 Å². The number of hydrogen-bond acceptors (Lipinski definition) is 4. The van der Waals surface area contributed by atoms with Crippen molar-refractivity contribution in [3.05, 3.63) is 132 Å². The first-order chi connectivity index (χ1) is 19.5. The molecule has 40 heavy (non-hydrogen) atoms. The Bertz CT molecular complexity index is 1640. The Morgan fingerprint density at radius 2 is 1.57 bits per heavy atom. The van der Waals surface area contributed by atoms with Crippen molar-refractivity contribution in [3.8, 4) is 22.9 Å². The van der Waals surface area contributed by atoms with Gasteiger partial charge in [0.15, 0.2) is 5.11 Å². The second kappa shape index (κ2) is 11.0. The van der Waals surface area contributed by atoms with Gasteiger partial charge in [-0.25, -0.2) is 4.39 Å². The number of rotatable bonds is 7. The minimum Gasteiger partial charge on any atom is -0.497 e. The summed E-state index contributed by atoms with van der Waals surface area (Å²) in [6, 6.07) is 29.2. The fourth-order valence-electron chi connectivity index (χ4n) is 4.89. The van der Waals surface area contributed by atoms with Crippen LogP contribution in [0.5, 0.6) is 17.2 Å². The van der Waals surface area contributed by atoms with Crippen molar-refractivity contribution in [2.75, 3.05) is 12.0 Å². The van der Waals surface area contributed by atoms with E-state index >= 15 is 0 Å². The number of pyridine rings is 1. The number of methoxy groups -OCH3 is 1. The molecule has 1 aliphatic rings. The third kappa shape index (κ3) is 4.99. The van der Waals surface area contributed by atoms with Crippen molar-refractivity contribution < 1.29 is 13.9 Å². The number of hydrogen-bond donors (Lipinski definition) is 1. The third-order valence-corrected chi connectivity index (χ3v) is 7.38. The maximum atomic E-state index is 14.0. The van der Waals surface area contributed by atoms with Crippen molar-refractivity contribution in [2.24, 2.45) is 0 Å². The van der Waals surface area contributed by atoms with Gasteiger partial charge in [-0.3, -0.25) is 4.98 Å². The van der Waals surface area contributed by atoms with E-state index in [2.05, 4.69) is 15.2 Å². The first-order valence-corrected chi connectivity index (χ1v) is 13.4. The molecule has 200 valence electrons. The molecule has 1 saturated heterocycles. The topological polar surface area (TPSA) is 51.6 Å². The minimum atomic E-state index is -0.465. The van der Waals surface area contributed by atoms with E-state index in [1.54, 1.807) is 25.4 Å². The summed E-state index contributed by atoms with van der Waals surface area (Å²) in [5.74, 6) is 1.69. The highest BCUT2D eigenvalue weighted by molar-refractivity contribution is 7.80. The van der Waals surface area contributed by atoms with Crippen LogP contribution in [-0.2, 0) is 0 Å². The van der Waals surface area contributed by atoms with Gasteiger partial charge in [0.05, 0.1) is 23.9 Å². The summed E-state index contributed by atoms with van der Waals surface area (Å²) in [4.78, 5) is 6.70. The smallest absolute Gasteiger partial charge is 0.174 e. The quantitative estimate of drug-likeness (QED) is 0.203. The van der Waals surface area contributed by atoms with Crippen LogP contribution in [-0.4, -0.2) is 21.8 Å². The summed E-state index contributed by atoms with van der Waals surface area (Å²) >= 11 is 12.0. The van der Waals surface area contributed by atoms with Crippen LogP contribution in [0, 0.1) is 5.82 Å². The molecule has 2 aromatic heterocycles. The number of ether oxygens (including phenoxy) is 2. The molecular weight excluding hydrogens is 547 g/mol. The van der Waals surface area contributed by atoms with Crippen LogP contribution in [0.25, 0.3) is 5.69 Å². The fourth-order valence-corrected chi connectivity index (χ4v) is 5.41. The van der Waals surface area contributed by atoms with E-state index in [-0.39, 0.29) is 17.1 Å². The Labute approximate surface area is 241 Å². The van der Waals surface area contributed by atoms with Gasteiger partial charge < -0.3 is 24.3 Å². The van der Waals surface area contributed by atoms with Gasteiger partial charge in [-0.1, -0.05) is 17.7 Å². The summed E-state index contributed by atoms with van der Waals surface area (Å²) in [5.41, 5.74) is 3.41. The van der Waals surface area contributed by atoms with E-state index in [9.17, 15) is 4.39 Å². The molecular formula is C31H24ClFN4O2S. The zero-order valence-corrected chi connectivity index (χ0v) is 22.9. The second-order valence-electron chi connectivity index (χ2n) is 9.17. The average molecular weight is 571 g/mol. The molecule has 1 fully saturated rings. The monoisotopic (exact) mass is 570 g/mol. The number of nitrogens with one attached hydrogen (secondary N) is 1. The maximum absolute atomic E-state index is 14.0. The summed E-state index contributed by atoms with van der Waals surface area (Å²) in [7, 11) is 1.63. The first kappa shape index (κ1) is 25.9. The molecule has 3 aromatic carbocycles. The van der Waals surface area contributed by atoms with Crippen molar-refractivity contribution in [1.82, 2.24) is 14.9 Å². The molecule has 6 nitrogen and oxygen atoms in total. The molecule has 0 amide bonds. The molecule has 0 radical (unpaired) electrons. The molecule has 6 rings (SSSR count). The number of thiocarbonyl (C=S) groups is 1. The summed E-state index contributed by atoms with van der Waals surface area (Å²) in [5, 5.41) is 4.10. The Morgan fingerprint density at radius 1 is 0.875 bits per heavy atom. The molecule has 1 aliphatic heterocycles. The van der Waals surface area contributed by atoms with Gasteiger partial charge in [-0.05, 0) is 103 Å². The van der Waals surface area contributed by atoms with Crippen molar-refractivity contribution in [2.45, 2.75) is 12.1 Å². The van der Waals surface area contributed by atoms with E-state index in [1.807, 2.05) is 89.6 Å². The number of anilines is 1. The van der Waals surface area contributed by atoms with E-state index in [4.69, 9.17) is 33.3 Å². The summed E-state index contributed by atoms with van der Waals surface area (Å²) < 4.78 is 27.2. The van der Waals surface area contributed by atoms with E-state index in [0.29, 0.717) is 16.6 Å². The van der Waals surface area contributed by atoms with Crippen LogP contribution in [0.4, 0.5) is 10.1 Å². The van der Waals surface area contributed by atoms with Crippen molar-refractivity contribution in [1.29, 1.82) is 0 Å². The molecule has 1 N–H and O–H groups in total. The summed E-state index contributed by atoms with van der Waals surface area (Å²) in [6.45, 7) is 0. The highest BCUT2D eigenvalue weighted by Gasteiger charge is 2.42. The Kier molecular flexibility index (Phi) is 7.11. The largest absolute Gasteiger partial charge is 0.497 e. The van der Waals surface area contributed by atoms with Gasteiger partial charge >= 0.3 is 0 Å². The highest BCUT2D eigenvalue weighted by atomic mass is 35.5. The number of aromatic nitrogens is 2. The molecule has 0 saturated carbocycles. The number of benzene rings is 3. The zero-order valence-electron chi connectivity index (χ0n) is 21.4. The fraction of sp³-hybridized carbons (Fsp3) is 0.0968. The van der Waals surface area contributed by atoms with E-state index < -0.39 is 5.82 Å². The average Bonchev–Trinajstić information content (AvgIpc) is 3.60. The van der Waals surface area contributed by atoms with Crippen LogP contribution in [0.2, 0.25) is 5.02 Å². The molecule has 0 bridgehead atoms. The lowest BCUT2D eigenvalue weighted by molar-refractivity contribution is 0.413. The zero-order chi connectivity index (χ0) is 27.6. The van der Waals surface area contributed by atoms with Crippen LogP contribution in [0.1, 0.15) is 23.5 Å². The number of nitrogens with zero attached hydrogens (tertiary/aromatic N) is 3. The van der Waals surface area contributed by atoms with Gasteiger partial charge in [-0.15, -0.1) is 0 Å². The maximum Gasteiger partial charge on any atom is 0.174 e. The molecule has 2 atom stereocenters. The predicted octanol–water partition coefficient (Wildman–Crippen LogP) is 7.64.